The highest BCUT2D eigenvalue weighted by Gasteiger charge is 2.44. The molecule has 2 aliphatic rings. The van der Waals surface area contributed by atoms with Crippen LogP contribution in [0.3, 0.4) is 0 Å². The highest BCUT2D eigenvalue weighted by Crippen LogP contribution is 2.42. The van der Waals surface area contributed by atoms with Crippen LogP contribution in [0.5, 0.6) is 0 Å². The highest BCUT2D eigenvalue weighted by molar-refractivity contribution is 6.40. The van der Waals surface area contributed by atoms with Crippen molar-refractivity contribution in [3.63, 3.8) is 0 Å². The number of hydrogen-bond donors (Lipinski definition) is 3. The van der Waals surface area contributed by atoms with Crippen molar-refractivity contribution in [2.45, 2.75) is 58.1 Å². The van der Waals surface area contributed by atoms with Gasteiger partial charge in [-0.05, 0) is 104 Å². The summed E-state index contributed by atoms with van der Waals surface area (Å²) < 4.78 is 12.2. The molecular weight excluding hydrogens is 704 g/mol. The second-order valence-electron chi connectivity index (χ2n) is 14.1. The number of amides is 4. The lowest BCUT2D eigenvalue weighted by Crippen LogP contribution is -2.49. The number of benzene rings is 3. The standard InChI is InChI=1S/C37H39ClN8O7/c1-36(2,3)53-35(51)24-6-9-26(10-7-24)40-32(48)29(42-34(50)33(49)41-28-19-25(38)8-13-30(28)46-22-39-43-44-46)18-23-4-11-27(12-5-23)45-21-37(20-31(45)47)14-16-52-17-15-37/h4-13,19,22,29H,14-18,20-21H2,1-3H3,(H,40,48)(H,41,49)(H,42,50)/t29-/m0/s1. The molecule has 4 amide bonds. The van der Waals surface area contributed by atoms with Crippen LogP contribution in [0.2, 0.25) is 5.02 Å². The molecule has 6 rings (SSSR count). The molecular formula is C37H39ClN8O7. The molecule has 2 saturated heterocycles. The van der Waals surface area contributed by atoms with E-state index in [1.54, 1.807) is 49.9 Å². The van der Waals surface area contributed by atoms with Crippen molar-refractivity contribution in [2.75, 3.05) is 35.3 Å². The number of nitrogens with one attached hydrogen (secondary N) is 3. The zero-order chi connectivity index (χ0) is 37.8. The molecule has 16 heteroatoms. The first kappa shape index (κ1) is 37.1. The van der Waals surface area contributed by atoms with E-state index < -0.39 is 35.3 Å². The zero-order valence-corrected chi connectivity index (χ0v) is 30.2. The molecule has 3 heterocycles. The second kappa shape index (κ2) is 15.5. The molecule has 276 valence electrons. The minimum Gasteiger partial charge on any atom is -0.456 e. The van der Waals surface area contributed by atoms with Crippen molar-refractivity contribution < 1.29 is 33.4 Å². The van der Waals surface area contributed by atoms with E-state index in [1.165, 1.54) is 41.3 Å². The van der Waals surface area contributed by atoms with E-state index in [2.05, 4.69) is 31.5 Å². The fourth-order valence-electron chi connectivity index (χ4n) is 6.27. The topological polar surface area (TPSA) is 187 Å². The number of aromatic nitrogens is 4. The normalized spacial score (nSPS) is 15.8. The van der Waals surface area contributed by atoms with Gasteiger partial charge in [-0.15, -0.1) is 5.10 Å². The summed E-state index contributed by atoms with van der Waals surface area (Å²) in [5.74, 6) is -3.24. The van der Waals surface area contributed by atoms with Gasteiger partial charge in [0, 0.05) is 54.4 Å². The minimum absolute atomic E-state index is 0.00336. The third-order valence-corrected chi connectivity index (χ3v) is 9.21. The number of nitrogens with zero attached hydrogens (tertiary/aromatic N) is 5. The molecule has 2 fully saturated rings. The Morgan fingerprint density at radius 2 is 1.68 bits per heavy atom. The number of halogens is 1. The van der Waals surface area contributed by atoms with E-state index in [1.807, 2.05) is 12.1 Å². The molecule has 0 unspecified atom stereocenters. The molecule has 53 heavy (non-hydrogen) atoms. The summed E-state index contributed by atoms with van der Waals surface area (Å²) in [5, 5.41) is 19.2. The Balaban J connectivity index is 1.18. The van der Waals surface area contributed by atoms with Gasteiger partial charge in [0.15, 0.2) is 0 Å². The average Bonchev–Trinajstić information content (AvgIpc) is 3.76. The van der Waals surface area contributed by atoms with E-state index in [4.69, 9.17) is 21.1 Å². The molecule has 1 atom stereocenters. The molecule has 1 spiro atoms. The molecule has 15 nitrogen and oxygen atoms in total. The second-order valence-corrected chi connectivity index (χ2v) is 14.5. The Morgan fingerprint density at radius 1 is 0.962 bits per heavy atom. The Bertz CT molecular complexity index is 1990. The van der Waals surface area contributed by atoms with Crippen molar-refractivity contribution in [3.8, 4) is 5.69 Å². The number of carbonyl (C=O) groups is 5. The summed E-state index contributed by atoms with van der Waals surface area (Å²) in [4.78, 5) is 67.6. The van der Waals surface area contributed by atoms with Crippen LogP contribution in [0.25, 0.3) is 5.69 Å². The third kappa shape index (κ3) is 9.23. The van der Waals surface area contributed by atoms with Crippen LogP contribution in [-0.4, -0.2) is 81.2 Å². The summed E-state index contributed by atoms with van der Waals surface area (Å²) >= 11 is 6.17. The fraction of sp³-hybridized carbons (Fsp3) is 0.351. The summed E-state index contributed by atoms with van der Waals surface area (Å²) in [6, 6.07) is 16.6. The van der Waals surface area contributed by atoms with Crippen LogP contribution in [0.4, 0.5) is 17.1 Å². The SMILES string of the molecule is CC(C)(C)OC(=O)c1ccc(NC(=O)[C@H](Cc2ccc(N3CC4(CCOCC4)CC3=O)cc2)NC(=O)C(=O)Nc2cc(Cl)ccc2-n2cnnn2)cc1. The summed E-state index contributed by atoms with van der Waals surface area (Å²) in [6.45, 7) is 7.18. The number of esters is 1. The van der Waals surface area contributed by atoms with E-state index in [9.17, 15) is 24.0 Å². The van der Waals surface area contributed by atoms with Gasteiger partial charge in [0.1, 0.15) is 18.0 Å². The molecule has 0 aliphatic carbocycles. The molecule has 4 aromatic rings. The molecule has 0 bridgehead atoms. The van der Waals surface area contributed by atoms with Crippen molar-refractivity contribution in [2.24, 2.45) is 5.41 Å². The Kier molecular flexibility index (Phi) is 10.9. The summed E-state index contributed by atoms with van der Waals surface area (Å²) in [5.41, 5.74) is 1.77. The Labute approximate surface area is 310 Å². The monoisotopic (exact) mass is 742 g/mol. The van der Waals surface area contributed by atoms with E-state index in [-0.39, 0.29) is 28.5 Å². The molecule has 2 aliphatic heterocycles. The Morgan fingerprint density at radius 3 is 2.34 bits per heavy atom. The molecule has 0 radical (unpaired) electrons. The van der Waals surface area contributed by atoms with E-state index in [0.29, 0.717) is 48.7 Å². The minimum atomic E-state index is -1.22. The first-order valence-corrected chi connectivity index (χ1v) is 17.4. The lowest BCUT2D eigenvalue weighted by Gasteiger charge is -2.32. The highest BCUT2D eigenvalue weighted by atomic mass is 35.5. The van der Waals surface area contributed by atoms with Crippen molar-refractivity contribution in [3.05, 3.63) is 89.2 Å². The lowest BCUT2D eigenvalue weighted by molar-refractivity contribution is -0.137. The maximum Gasteiger partial charge on any atom is 0.338 e. The molecule has 0 saturated carbocycles. The van der Waals surface area contributed by atoms with Crippen LogP contribution in [-0.2, 0) is 35.1 Å². The van der Waals surface area contributed by atoms with Gasteiger partial charge in [0.05, 0.1) is 16.9 Å². The lowest BCUT2D eigenvalue weighted by atomic mass is 9.79. The molecule has 1 aromatic heterocycles. The smallest absolute Gasteiger partial charge is 0.338 e. The van der Waals surface area contributed by atoms with Gasteiger partial charge in [-0.3, -0.25) is 19.2 Å². The van der Waals surface area contributed by atoms with E-state index in [0.717, 1.165) is 18.5 Å². The number of carbonyl (C=O) groups excluding carboxylic acids is 5. The van der Waals surface area contributed by atoms with Gasteiger partial charge in [0.25, 0.3) is 0 Å². The van der Waals surface area contributed by atoms with Crippen molar-refractivity contribution in [1.82, 2.24) is 25.5 Å². The van der Waals surface area contributed by atoms with Crippen molar-refractivity contribution in [1.29, 1.82) is 0 Å². The largest absolute Gasteiger partial charge is 0.456 e. The maximum atomic E-state index is 13.7. The number of anilines is 3. The number of hydrogen-bond acceptors (Lipinski definition) is 10. The fourth-order valence-corrected chi connectivity index (χ4v) is 6.44. The van der Waals surface area contributed by atoms with Crippen LogP contribution < -0.4 is 20.9 Å². The van der Waals surface area contributed by atoms with Crippen LogP contribution in [0.1, 0.15) is 56.0 Å². The van der Waals surface area contributed by atoms with E-state index >= 15 is 0 Å². The van der Waals surface area contributed by atoms with Crippen LogP contribution in [0, 0.1) is 5.41 Å². The van der Waals surface area contributed by atoms with Crippen molar-refractivity contribution >= 4 is 58.3 Å². The van der Waals surface area contributed by atoms with Crippen LogP contribution >= 0.6 is 11.6 Å². The molecule has 3 N–H and O–H groups in total. The quantitative estimate of drug-likeness (QED) is 0.166. The first-order chi connectivity index (χ1) is 25.3. The van der Waals surface area contributed by atoms with Gasteiger partial charge < -0.3 is 30.3 Å². The maximum absolute atomic E-state index is 13.7. The number of rotatable bonds is 9. The summed E-state index contributed by atoms with van der Waals surface area (Å²) in [6.07, 6.45) is 3.45. The van der Waals surface area contributed by atoms with Gasteiger partial charge in [-0.1, -0.05) is 23.7 Å². The predicted molar refractivity (Wildman–Crippen MR) is 195 cm³/mol. The van der Waals surface area contributed by atoms with Gasteiger partial charge in [-0.25, -0.2) is 4.79 Å². The third-order valence-electron chi connectivity index (χ3n) is 8.98. The number of ether oxygens (including phenoxy) is 2. The van der Waals surface area contributed by atoms with Crippen LogP contribution in [0.15, 0.2) is 73.1 Å². The zero-order valence-electron chi connectivity index (χ0n) is 29.4. The summed E-state index contributed by atoms with van der Waals surface area (Å²) in [7, 11) is 0. The molecule has 3 aromatic carbocycles. The first-order valence-electron chi connectivity index (χ1n) is 17.0. The van der Waals surface area contributed by atoms with Gasteiger partial charge in [0.2, 0.25) is 11.8 Å². The predicted octanol–water partition coefficient (Wildman–Crippen LogP) is 4.11. The van der Waals surface area contributed by atoms with Gasteiger partial charge in [-0.2, -0.15) is 4.68 Å². The van der Waals surface area contributed by atoms with Gasteiger partial charge >= 0.3 is 17.8 Å². The average molecular weight is 743 g/mol. The number of tetrazole rings is 1. The Hall–Kier alpha value is -5.67.